The van der Waals surface area contributed by atoms with Crippen LogP contribution in [0.25, 0.3) is 0 Å². The third-order valence-corrected chi connectivity index (χ3v) is 3.79. The summed E-state index contributed by atoms with van der Waals surface area (Å²) in [6.07, 6.45) is -0.249. The van der Waals surface area contributed by atoms with Gasteiger partial charge in [0.1, 0.15) is 5.60 Å². The number of hydrogen-bond acceptors (Lipinski definition) is 2. The maximum atomic E-state index is 14.7. The van der Waals surface area contributed by atoms with Crippen LogP contribution < -0.4 is 5.32 Å². The van der Waals surface area contributed by atoms with E-state index >= 15 is 0 Å². The minimum Gasteiger partial charge on any atom is -0.444 e. The summed E-state index contributed by atoms with van der Waals surface area (Å²) in [6.45, 7) is 5.27. The zero-order valence-corrected chi connectivity index (χ0v) is 14.9. The van der Waals surface area contributed by atoms with Gasteiger partial charge in [-0.1, -0.05) is 46.3 Å². The normalized spacial score (nSPS) is 11.2. The standard InChI is InChI=1S/C18H19BrFNO2/c1-18(2,3)23-17(22)21-15-10-9-14(19)13(16(15)20)11-12-7-5-4-6-8-12/h4-10H,11H2,1-3H3,(H,21,22). The van der Waals surface area contributed by atoms with Gasteiger partial charge in [0.05, 0.1) is 5.69 Å². The largest absolute Gasteiger partial charge is 0.444 e. The fraction of sp³-hybridized carbons (Fsp3) is 0.278. The summed E-state index contributed by atoms with van der Waals surface area (Å²) in [6, 6.07) is 12.8. The Morgan fingerprint density at radius 1 is 1.17 bits per heavy atom. The molecule has 23 heavy (non-hydrogen) atoms. The molecule has 1 amide bonds. The second-order valence-corrected chi connectivity index (χ2v) is 7.03. The zero-order valence-electron chi connectivity index (χ0n) is 13.3. The SMILES string of the molecule is CC(C)(C)OC(=O)Nc1ccc(Br)c(Cc2ccccc2)c1F. The molecule has 0 spiro atoms. The lowest BCUT2D eigenvalue weighted by molar-refractivity contribution is 0.0635. The Kier molecular flexibility index (Phi) is 5.42. The molecule has 0 saturated heterocycles. The first kappa shape index (κ1) is 17.5. The zero-order chi connectivity index (χ0) is 17.0. The molecule has 0 aromatic heterocycles. The van der Waals surface area contributed by atoms with Crippen LogP contribution in [-0.2, 0) is 11.2 Å². The molecule has 0 atom stereocenters. The number of anilines is 1. The quantitative estimate of drug-likeness (QED) is 0.761. The van der Waals surface area contributed by atoms with Crippen molar-refractivity contribution in [2.45, 2.75) is 32.8 Å². The lowest BCUT2D eigenvalue weighted by atomic mass is 10.0. The Bertz CT molecular complexity index is 696. The Morgan fingerprint density at radius 2 is 1.83 bits per heavy atom. The fourth-order valence-electron chi connectivity index (χ4n) is 2.07. The van der Waals surface area contributed by atoms with E-state index in [2.05, 4.69) is 21.2 Å². The minimum absolute atomic E-state index is 0.105. The van der Waals surface area contributed by atoms with Crippen LogP contribution in [0.5, 0.6) is 0 Å². The van der Waals surface area contributed by atoms with Gasteiger partial charge in [0.2, 0.25) is 0 Å². The number of nitrogens with one attached hydrogen (secondary N) is 1. The molecule has 2 aromatic rings. The lowest BCUT2D eigenvalue weighted by Gasteiger charge is -2.20. The second kappa shape index (κ2) is 7.13. The maximum Gasteiger partial charge on any atom is 0.412 e. The van der Waals surface area contributed by atoms with Gasteiger partial charge in [0.15, 0.2) is 5.82 Å². The van der Waals surface area contributed by atoms with Crippen LogP contribution in [0, 0.1) is 5.82 Å². The number of halogens is 2. The van der Waals surface area contributed by atoms with Crippen molar-refractivity contribution in [2.75, 3.05) is 5.32 Å². The molecule has 0 radical (unpaired) electrons. The van der Waals surface area contributed by atoms with Crippen LogP contribution in [0.3, 0.4) is 0 Å². The van der Waals surface area contributed by atoms with Crippen LogP contribution in [0.15, 0.2) is 46.9 Å². The first-order valence-electron chi connectivity index (χ1n) is 7.27. The van der Waals surface area contributed by atoms with Crippen molar-refractivity contribution >= 4 is 27.7 Å². The first-order chi connectivity index (χ1) is 10.8. The van der Waals surface area contributed by atoms with Crippen LogP contribution in [0.2, 0.25) is 0 Å². The van der Waals surface area contributed by atoms with E-state index in [1.807, 2.05) is 30.3 Å². The first-order valence-corrected chi connectivity index (χ1v) is 8.06. The molecule has 3 nitrogen and oxygen atoms in total. The minimum atomic E-state index is -0.676. The van der Waals surface area contributed by atoms with Crippen LogP contribution in [0.1, 0.15) is 31.9 Å². The third-order valence-electron chi connectivity index (χ3n) is 3.05. The summed E-state index contributed by atoms with van der Waals surface area (Å²) in [5, 5.41) is 2.46. The van der Waals surface area contributed by atoms with Gasteiger partial charge in [-0.05, 0) is 38.5 Å². The van der Waals surface area contributed by atoms with E-state index in [0.717, 1.165) is 5.56 Å². The molecule has 0 unspecified atom stereocenters. The van der Waals surface area contributed by atoms with E-state index in [9.17, 15) is 9.18 Å². The van der Waals surface area contributed by atoms with E-state index in [0.29, 0.717) is 16.5 Å². The second-order valence-electron chi connectivity index (χ2n) is 6.18. The summed E-state index contributed by atoms with van der Waals surface area (Å²) in [5.41, 5.74) is 0.947. The lowest BCUT2D eigenvalue weighted by Crippen LogP contribution is -2.27. The highest BCUT2D eigenvalue weighted by Gasteiger charge is 2.19. The average Bonchev–Trinajstić information content (AvgIpc) is 2.46. The van der Waals surface area contributed by atoms with Gasteiger partial charge in [-0.2, -0.15) is 0 Å². The highest BCUT2D eigenvalue weighted by Crippen LogP contribution is 2.28. The van der Waals surface area contributed by atoms with Crippen molar-refractivity contribution in [1.82, 2.24) is 0 Å². The number of ether oxygens (including phenoxy) is 1. The van der Waals surface area contributed by atoms with E-state index < -0.39 is 17.5 Å². The molecule has 0 aliphatic heterocycles. The summed E-state index contributed by atoms with van der Waals surface area (Å²) in [5.74, 6) is -0.464. The molecular weight excluding hydrogens is 361 g/mol. The summed E-state index contributed by atoms with van der Waals surface area (Å²) in [4.78, 5) is 11.8. The smallest absolute Gasteiger partial charge is 0.412 e. The van der Waals surface area contributed by atoms with Crippen molar-refractivity contribution < 1.29 is 13.9 Å². The van der Waals surface area contributed by atoms with Gasteiger partial charge in [-0.3, -0.25) is 5.32 Å². The molecule has 0 bridgehead atoms. The maximum absolute atomic E-state index is 14.7. The number of carbonyl (C=O) groups excluding carboxylic acids is 1. The van der Waals surface area contributed by atoms with Gasteiger partial charge in [-0.15, -0.1) is 0 Å². The number of amides is 1. The fourth-order valence-corrected chi connectivity index (χ4v) is 2.52. The predicted octanol–water partition coefficient (Wildman–Crippen LogP) is 5.53. The Morgan fingerprint density at radius 3 is 2.43 bits per heavy atom. The third kappa shape index (κ3) is 5.06. The highest BCUT2D eigenvalue weighted by molar-refractivity contribution is 9.10. The number of rotatable bonds is 3. The van der Waals surface area contributed by atoms with Crippen LogP contribution >= 0.6 is 15.9 Å². The van der Waals surface area contributed by atoms with Crippen molar-refractivity contribution in [3.63, 3.8) is 0 Å². The van der Waals surface area contributed by atoms with Gasteiger partial charge in [-0.25, -0.2) is 9.18 Å². The molecule has 0 saturated carbocycles. The average molecular weight is 380 g/mol. The molecule has 0 fully saturated rings. The monoisotopic (exact) mass is 379 g/mol. The summed E-state index contributed by atoms with van der Waals surface area (Å²) < 4.78 is 20.5. The van der Waals surface area contributed by atoms with Crippen molar-refractivity contribution in [3.8, 4) is 0 Å². The molecular formula is C18H19BrFNO2. The van der Waals surface area contributed by atoms with E-state index in [4.69, 9.17) is 4.74 Å². The van der Waals surface area contributed by atoms with Gasteiger partial charge in [0.25, 0.3) is 0 Å². The highest BCUT2D eigenvalue weighted by atomic mass is 79.9. The van der Waals surface area contributed by atoms with E-state index in [1.54, 1.807) is 26.8 Å². The van der Waals surface area contributed by atoms with E-state index in [-0.39, 0.29) is 5.69 Å². The number of benzene rings is 2. The van der Waals surface area contributed by atoms with Gasteiger partial charge >= 0.3 is 6.09 Å². The molecule has 0 aliphatic carbocycles. The Balaban J connectivity index is 2.23. The summed E-state index contributed by atoms with van der Waals surface area (Å²) in [7, 11) is 0. The van der Waals surface area contributed by atoms with Crippen molar-refractivity contribution in [3.05, 3.63) is 63.9 Å². The van der Waals surface area contributed by atoms with E-state index in [1.165, 1.54) is 6.07 Å². The molecule has 122 valence electrons. The molecule has 5 heteroatoms. The number of hydrogen-bond donors (Lipinski definition) is 1. The predicted molar refractivity (Wildman–Crippen MR) is 93.2 cm³/mol. The Labute approximate surface area is 144 Å². The molecule has 2 aromatic carbocycles. The van der Waals surface area contributed by atoms with Crippen LogP contribution in [-0.4, -0.2) is 11.7 Å². The van der Waals surface area contributed by atoms with Gasteiger partial charge < -0.3 is 4.74 Å². The van der Waals surface area contributed by atoms with Crippen LogP contribution in [0.4, 0.5) is 14.9 Å². The molecule has 0 heterocycles. The number of carbonyl (C=O) groups is 1. The molecule has 0 aliphatic rings. The molecule has 2 rings (SSSR count). The summed E-state index contributed by atoms with van der Waals surface area (Å²) >= 11 is 3.37. The van der Waals surface area contributed by atoms with Crippen molar-refractivity contribution in [1.29, 1.82) is 0 Å². The van der Waals surface area contributed by atoms with Gasteiger partial charge in [0, 0.05) is 16.5 Å². The van der Waals surface area contributed by atoms with Crippen molar-refractivity contribution in [2.24, 2.45) is 0 Å². The molecule has 1 N–H and O–H groups in total. The topological polar surface area (TPSA) is 38.3 Å². The Hall–Kier alpha value is -1.88.